The Morgan fingerprint density at radius 3 is 2.47 bits per heavy atom. The standard InChI is InChI=1S/C13H20O4/c1-8(9(2)14)7-12-5-6-13(10(3)16-12)17-11(4)15/h5-6,8,10,12-13H,7H2,1-4H3/t8-,10+,12-,13-/m1/s1. The first-order valence-corrected chi connectivity index (χ1v) is 5.91. The van der Waals surface area contributed by atoms with Gasteiger partial charge in [0.05, 0.1) is 12.2 Å². The third-order valence-corrected chi connectivity index (χ3v) is 2.95. The van der Waals surface area contributed by atoms with Gasteiger partial charge in [0.15, 0.2) is 0 Å². The van der Waals surface area contributed by atoms with Gasteiger partial charge in [0.25, 0.3) is 0 Å². The highest BCUT2D eigenvalue weighted by atomic mass is 16.6. The molecule has 1 heterocycles. The van der Waals surface area contributed by atoms with E-state index in [-0.39, 0.29) is 36.0 Å². The lowest BCUT2D eigenvalue weighted by Gasteiger charge is -2.30. The van der Waals surface area contributed by atoms with Crippen molar-refractivity contribution in [3.8, 4) is 0 Å². The maximum Gasteiger partial charge on any atom is 0.303 e. The van der Waals surface area contributed by atoms with Crippen LogP contribution in [0.3, 0.4) is 0 Å². The quantitative estimate of drug-likeness (QED) is 0.556. The molecule has 0 N–H and O–H groups in total. The Labute approximate surface area is 102 Å². The highest BCUT2D eigenvalue weighted by Gasteiger charge is 2.27. The van der Waals surface area contributed by atoms with Crippen LogP contribution in [0.15, 0.2) is 12.2 Å². The molecule has 0 fully saturated rings. The number of esters is 1. The Kier molecular flexibility index (Phi) is 4.87. The second kappa shape index (κ2) is 5.96. The molecule has 0 spiro atoms. The summed E-state index contributed by atoms with van der Waals surface area (Å²) in [6.07, 6.45) is 3.81. The summed E-state index contributed by atoms with van der Waals surface area (Å²) in [5.41, 5.74) is 0. The van der Waals surface area contributed by atoms with Crippen molar-refractivity contribution in [2.24, 2.45) is 5.92 Å². The lowest BCUT2D eigenvalue weighted by molar-refractivity contribution is -0.153. The van der Waals surface area contributed by atoms with E-state index in [0.717, 1.165) is 0 Å². The van der Waals surface area contributed by atoms with E-state index in [2.05, 4.69) is 0 Å². The summed E-state index contributed by atoms with van der Waals surface area (Å²) in [6, 6.07) is 0. The van der Waals surface area contributed by atoms with E-state index in [1.807, 2.05) is 26.0 Å². The summed E-state index contributed by atoms with van der Waals surface area (Å²) in [5.74, 6) is -0.162. The molecule has 96 valence electrons. The first-order chi connectivity index (χ1) is 7.90. The molecule has 1 rings (SSSR count). The second-order valence-electron chi connectivity index (χ2n) is 4.59. The summed E-state index contributed by atoms with van der Waals surface area (Å²) < 4.78 is 10.8. The van der Waals surface area contributed by atoms with Crippen molar-refractivity contribution >= 4 is 11.8 Å². The Balaban J connectivity index is 2.53. The third-order valence-electron chi connectivity index (χ3n) is 2.95. The molecule has 1 aliphatic heterocycles. The van der Waals surface area contributed by atoms with Crippen molar-refractivity contribution < 1.29 is 19.1 Å². The number of carbonyl (C=O) groups excluding carboxylic acids is 2. The van der Waals surface area contributed by atoms with Crippen molar-refractivity contribution in [1.82, 2.24) is 0 Å². The van der Waals surface area contributed by atoms with E-state index < -0.39 is 0 Å². The van der Waals surface area contributed by atoms with Crippen LogP contribution in [-0.2, 0) is 19.1 Å². The number of hydrogen-bond donors (Lipinski definition) is 0. The zero-order valence-electron chi connectivity index (χ0n) is 10.8. The smallest absolute Gasteiger partial charge is 0.303 e. The Hall–Kier alpha value is -1.16. The molecule has 17 heavy (non-hydrogen) atoms. The topological polar surface area (TPSA) is 52.6 Å². The van der Waals surface area contributed by atoms with Crippen molar-refractivity contribution in [2.45, 2.75) is 52.4 Å². The van der Waals surface area contributed by atoms with E-state index in [9.17, 15) is 9.59 Å². The van der Waals surface area contributed by atoms with Crippen LogP contribution in [0.4, 0.5) is 0 Å². The molecule has 0 amide bonds. The molecule has 0 aromatic rings. The molecule has 4 nitrogen and oxygen atoms in total. The van der Waals surface area contributed by atoms with Gasteiger partial charge in [0.1, 0.15) is 11.9 Å². The molecule has 0 saturated carbocycles. The van der Waals surface area contributed by atoms with Crippen LogP contribution in [0.1, 0.15) is 34.1 Å². The predicted molar refractivity (Wildman–Crippen MR) is 63.5 cm³/mol. The molecule has 0 aliphatic carbocycles. The van der Waals surface area contributed by atoms with Crippen molar-refractivity contribution in [3.05, 3.63) is 12.2 Å². The fourth-order valence-electron chi connectivity index (χ4n) is 1.76. The van der Waals surface area contributed by atoms with Crippen LogP contribution in [0.25, 0.3) is 0 Å². The predicted octanol–water partition coefficient (Wildman–Crippen LogP) is 1.88. The van der Waals surface area contributed by atoms with E-state index in [1.165, 1.54) is 6.92 Å². The van der Waals surface area contributed by atoms with Crippen LogP contribution >= 0.6 is 0 Å². The van der Waals surface area contributed by atoms with Crippen LogP contribution in [0, 0.1) is 5.92 Å². The van der Waals surface area contributed by atoms with Crippen LogP contribution in [-0.4, -0.2) is 30.1 Å². The van der Waals surface area contributed by atoms with Gasteiger partial charge >= 0.3 is 5.97 Å². The average molecular weight is 240 g/mol. The van der Waals surface area contributed by atoms with Gasteiger partial charge in [-0.2, -0.15) is 0 Å². The minimum atomic E-state index is -0.323. The molecule has 0 unspecified atom stereocenters. The molecule has 4 atom stereocenters. The summed E-state index contributed by atoms with van der Waals surface area (Å²) in [6.45, 7) is 6.72. The third kappa shape index (κ3) is 4.30. The highest BCUT2D eigenvalue weighted by Crippen LogP contribution is 2.21. The Morgan fingerprint density at radius 1 is 1.35 bits per heavy atom. The fourth-order valence-corrected chi connectivity index (χ4v) is 1.76. The zero-order valence-corrected chi connectivity index (χ0v) is 10.8. The number of hydrogen-bond acceptors (Lipinski definition) is 4. The molecule has 0 aromatic heterocycles. The van der Waals surface area contributed by atoms with Crippen molar-refractivity contribution in [1.29, 1.82) is 0 Å². The summed E-state index contributed by atoms with van der Waals surface area (Å²) >= 11 is 0. The number of rotatable bonds is 4. The monoisotopic (exact) mass is 240 g/mol. The molecule has 1 aliphatic rings. The summed E-state index contributed by atoms with van der Waals surface area (Å²) in [7, 11) is 0. The SMILES string of the molecule is CC(=O)O[C@@H]1C=C[C@H](C[C@@H](C)C(C)=O)O[C@H]1C. The minimum Gasteiger partial charge on any atom is -0.456 e. The zero-order chi connectivity index (χ0) is 13.0. The van der Waals surface area contributed by atoms with Gasteiger partial charge in [-0.1, -0.05) is 13.0 Å². The summed E-state index contributed by atoms with van der Waals surface area (Å²) in [5, 5.41) is 0. The van der Waals surface area contributed by atoms with Crippen molar-refractivity contribution in [3.63, 3.8) is 0 Å². The lowest BCUT2D eigenvalue weighted by atomic mass is 9.97. The largest absolute Gasteiger partial charge is 0.456 e. The van der Waals surface area contributed by atoms with Crippen LogP contribution in [0.5, 0.6) is 0 Å². The van der Waals surface area contributed by atoms with Gasteiger partial charge in [-0.25, -0.2) is 0 Å². The molecule has 0 radical (unpaired) electrons. The number of carbonyl (C=O) groups is 2. The maximum atomic E-state index is 11.2. The molecular weight excluding hydrogens is 220 g/mol. The average Bonchev–Trinajstić information content (AvgIpc) is 2.21. The Bertz CT molecular complexity index is 321. The van der Waals surface area contributed by atoms with Gasteiger partial charge in [-0.3, -0.25) is 9.59 Å². The molecule has 0 aromatic carbocycles. The maximum absolute atomic E-state index is 11.2. The molecular formula is C13H20O4. The first-order valence-electron chi connectivity index (χ1n) is 5.91. The van der Waals surface area contributed by atoms with E-state index in [1.54, 1.807) is 6.92 Å². The normalized spacial score (nSPS) is 29.8. The second-order valence-corrected chi connectivity index (χ2v) is 4.59. The van der Waals surface area contributed by atoms with Crippen LogP contribution in [0.2, 0.25) is 0 Å². The highest BCUT2D eigenvalue weighted by molar-refractivity contribution is 5.77. The number of ketones is 1. The van der Waals surface area contributed by atoms with Gasteiger partial charge in [-0.05, 0) is 26.3 Å². The molecule has 0 bridgehead atoms. The number of ether oxygens (including phenoxy) is 2. The summed E-state index contributed by atoms with van der Waals surface area (Å²) in [4.78, 5) is 22.0. The van der Waals surface area contributed by atoms with Gasteiger partial charge in [0.2, 0.25) is 0 Å². The minimum absolute atomic E-state index is 0.0119. The molecule has 0 saturated heterocycles. The van der Waals surface area contributed by atoms with Crippen molar-refractivity contribution in [2.75, 3.05) is 0 Å². The van der Waals surface area contributed by atoms with Gasteiger partial charge in [-0.15, -0.1) is 0 Å². The molecule has 4 heteroatoms. The van der Waals surface area contributed by atoms with E-state index in [4.69, 9.17) is 9.47 Å². The van der Waals surface area contributed by atoms with Crippen LogP contribution < -0.4 is 0 Å². The fraction of sp³-hybridized carbons (Fsp3) is 0.692. The van der Waals surface area contributed by atoms with Gasteiger partial charge < -0.3 is 9.47 Å². The van der Waals surface area contributed by atoms with Gasteiger partial charge in [0, 0.05) is 12.8 Å². The first kappa shape index (κ1) is 13.9. The van der Waals surface area contributed by atoms with E-state index >= 15 is 0 Å². The lowest BCUT2D eigenvalue weighted by Crippen LogP contribution is -2.36. The Morgan fingerprint density at radius 2 is 2.00 bits per heavy atom. The number of Topliss-reactive ketones (excluding diaryl/α,β-unsaturated/α-hetero) is 1. The van der Waals surface area contributed by atoms with E-state index in [0.29, 0.717) is 6.42 Å².